The van der Waals surface area contributed by atoms with Gasteiger partial charge in [0.2, 0.25) is 5.91 Å². The number of thiophene rings is 1. The third-order valence-electron chi connectivity index (χ3n) is 6.65. The van der Waals surface area contributed by atoms with Crippen molar-refractivity contribution in [2.24, 2.45) is 4.99 Å². The third kappa shape index (κ3) is 4.19. The van der Waals surface area contributed by atoms with Crippen LogP contribution < -0.4 is 0 Å². The molecule has 10 heteroatoms. The minimum atomic E-state index is -0.429. The molecule has 2 aromatic heterocycles. The van der Waals surface area contributed by atoms with Crippen LogP contribution in [0.5, 0.6) is 0 Å². The van der Waals surface area contributed by atoms with Crippen LogP contribution in [0.4, 0.5) is 0 Å². The Morgan fingerprint density at radius 1 is 1.12 bits per heavy atom. The molecule has 0 radical (unpaired) electrons. The zero-order valence-corrected chi connectivity index (χ0v) is 21.9. The van der Waals surface area contributed by atoms with Gasteiger partial charge in [-0.15, -0.1) is 21.5 Å². The number of aryl methyl sites for hydroxylation is 2. The van der Waals surface area contributed by atoms with E-state index in [9.17, 15) is 4.79 Å². The number of carbonyl (C=O) groups is 1. The molecule has 2 aliphatic rings. The molecule has 1 saturated heterocycles. The maximum absolute atomic E-state index is 13.4. The van der Waals surface area contributed by atoms with Crippen LogP contribution in [0, 0.1) is 20.8 Å². The summed E-state index contributed by atoms with van der Waals surface area (Å²) in [5.41, 5.74) is 4.10. The van der Waals surface area contributed by atoms with Crippen molar-refractivity contribution >= 4 is 47.2 Å². The van der Waals surface area contributed by atoms with Gasteiger partial charge in [0.1, 0.15) is 16.9 Å². The summed E-state index contributed by atoms with van der Waals surface area (Å²) in [5, 5.41) is 10.6. The smallest absolute Gasteiger partial charge is 0.225 e. The summed E-state index contributed by atoms with van der Waals surface area (Å²) < 4.78 is 2.09. The van der Waals surface area contributed by atoms with E-state index < -0.39 is 6.04 Å². The molecule has 0 saturated carbocycles. The number of nitrogens with zero attached hydrogens (tertiary/aromatic N) is 6. The number of fused-ring (bicyclic) bond motifs is 3. The average Bonchev–Trinajstić information content (AvgIpc) is 3.31. The molecule has 1 atom stereocenters. The molecule has 0 aliphatic carbocycles. The van der Waals surface area contributed by atoms with Crippen LogP contribution in [0.25, 0.3) is 5.00 Å². The van der Waals surface area contributed by atoms with E-state index in [-0.39, 0.29) is 12.3 Å². The van der Waals surface area contributed by atoms with E-state index in [1.807, 2.05) is 36.1 Å². The lowest BCUT2D eigenvalue weighted by Gasteiger charge is -2.34. The van der Waals surface area contributed by atoms with Gasteiger partial charge in [-0.2, -0.15) is 12.6 Å². The normalized spacial score (nSPS) is 18.3. The van der Waals surface area contributed by atoms with Crippen molar-refractivity contribution in [2.45, 2.75) is 33.2 Å². The van der Waals surface area contributed by atoms with E-state index in [2.05, 4.69) is 46.1 Å². The summed E-state index contributed by atoms with van der Waals surface area (Å²) in [5.74, 6) is 2.31. The van der Waals surface area contributed by atoms with Crippen LogP contribution in [0.2, 0.25) is 5.02 Å². The fourth-order valence-corrected chi connectivity index (χ4v) is 6.19. The molecule has 178 valence electrons. The molecule has 7 nitrogen and oxygen atoms in total. The number of hydrogen-bond donors (Lipinski definition) is 1. The Hall–Kier alpha value is -2.20. The largest absolute Gasteiger partial charge is 0.340 e. The second-order valence-electron chi connectivity index (χ2n) is 8.75. The van der Waals surface area contributed by atoms with Gasteiger partial charge in [0.25, 0.3) is 0 Å². The number of piperazine rings is 1. The zero-order chi connectivity index (χ0) is 24.0. The van der Waals surface area contributed by atoms with Gasteiger partial charge >= 0.3 is 0 Å². The first-order valence-electron chi connectivity index (χ1n) is 11.3. The Balaban J connectivity index is 1.58. The summed E-state index contributed by atoms with van der Waals surface area (Å²) in [7, 11) is 0. The van der Waals surface area contributed by atoms with Gasteiger partial charge in [0.05, 0.1) is 12.1 Å². The SMILES string of the molecule is Cc1sc2c(c1C)C(c1ccc(Cl)cc1)=N[C@@H](CC(=O)N1CCN(CS)CC1)c1nnc(C)n1-2. The Morgan fingerprint density at radius 3 is 2.50 bits per heavy atom. The predicted molar refractivity (Wildman–Crippen MR) is 140 cm³/mol. The highest BCUT2D eigenvalue weighted by molar-refractivity contribution is 7.80. The van der Waals surface area contributed by atoms with E-state index >= 15 is 0 Å². The topological polar surface area (TPSA) is 66.6 Å². The molecule has 34 heavy (non-hydrogen) atoms. The minimum absolute atomic E-state index is 0.0911. The molecular weight excluding hydrogens is 488 g/mol. The third-order valence-corrected chi connectivity index (χ3v) is 8.49. The number of aliphatic imine (C=N–C) groups is 1. The molecule has 2 aliphatic heterocycles. The van der Waals surface area contributed by atoms with Gasteiger partial charge in [0.15, 0.2) is 5.82 Å². The van der Waals surface area contributed by atoms with Gasteiger partial charge in [-0.25, -0.2) is 0 Å². The van der Waals surface area contributed by atoms with Crippen LogP contribution in [0.1, 0.15) is 45.7 Å². The van der Waals surface area contributed by atoms with Crippen LogP contribution in [-0.4, -0.2) is 68.2 Å². The standard InChI is InChI=1S/C24H27ClN6OS2/c1-14-15(2)34-24-21(14)22(17-4-6-18(25)7-5-17)26-19(23-28-27-16(3)31(23)24)12-20(32)30-10-8-29(13-33)9-11-30/h4-7,19,33H,8-13H2,1-3H3/t19-/m0/s1. The van der Waals surface area contributed by atoms with Gasteiger partial charge in [-0.3, -0.25) is 19.3 Å². The molecule has 0 spiro atoms. The second kappa shape index (κ2) is 9.45. The maximum Gasteiger partial charge on any atom is 0.225 e. The van der Waals surface area contributed by atoms with E-state index in [0.29, 0.717) is 29.8 Å². The average molecular weight is 515 g/mol. The quantitative estimate of drug-likeness (QED) is 0.529. The highest BCUT2D eigenvalue weighted by Gasteiger charge is 2.33. The number of amides is 1. The second-order valence-corrected chi connectivity index (χ2v) is 10.7. The molecule has 1 fully saturated rings. The van der Waals surface area contributed by atoms with Crippen molar-refractivity contribution in [3.63, 3.8) is 0 Å². The number of halogens is 1. The van der Waals surface area contributed by atoms with Crippen LogP contribution >= 0.6 is 35.6 Å². The molecule has 0 unspecified atom stereocenters. The zero-order valence-electron chi connectivity index (χ0n) is 19.5. The number of rotatable bonds is 4. The van der Waals surface area contributed by atoms with E-state index in [1.165, 1.54) is 10.4 Å². The summed E-state index contributed by atoms with van der Waals surface area (Å²) in [6.07, 6.45) is 0.253. The summed E-state index contributed by atoms with van der Waals surface area (Å²) >= 11 is 12.3. The van der Waals surface area contributed by atoms with Gasteiger partial charge in [-0.05, 0) is 38.5 Å². The van der Waals surface area contributed by atoms with Gasteiger partial charge in [0, 0.05) is 53.1 Å². The van der Waals surface area contributed by atoms with Gasteiger partial charge < -0.3 is 4.90 Å². The Morgan fingerprint density at radius 2 is 1.82 bits per heavy atom. The van der Waals surface area contributed by atoms with Crippen LogP contribution in [0.15, 0.2) is 29.3 Å². The molecular formula is C24H27ClN6OS2. The van der Waals surface area contributed by atoms with Crippen molar-refractivity contribution < 1.29 is 4.79 Å². The van der Waals surface area contributed by atoms with Crippen molar-refractivity contribution in [3.05, 3.63) is 62.5 Å². The number of hydrogen-bond acceptors (Lipinski definition) is 7. The molecule has 4 heterocycles. The van der Waals surface area contributed by atoms with Crippen LogP contribution in [-0.2, 0) is 4.79 Å². The number of benzene rings is 1. The molecule has 1 amide bonds. The van der Waals surface area contributed by atoms with E-state index in [1.54, 1.807) is 11.3 Å². The lowest BCUT2D eigenvalue weighted by atomic mass is 9.99. The monoisotopic (exact) mass is 514 g/mol. The Bertz CT molecular complexity index is 1260. The van der Waals surface area contributed by atoms with E-state index in [4.69, 9.17) is 16.6 Å². The lowest BCUT2D eigenvalue weighted by Crippen LogP contribution is -2.48. The van der Waals surface area contributed by atoms with Crippen molar-refractivity contribution in [1.29, 1.82) is 0 Å². The Labute approximate surface area is 213 Å². The number of carbonyl (C=O) groups excluding carboxylic acids is 1. The number of thiol groups is 1. The first kappa shape index (κ1) is 23.5. The highest BCUT2D eigenvalue weighted by atomic mass is 35.5. The number of aromatic nitrogens is 3. The first-order chi connectivity index (χ1) is 16.4. The van der Waals surface area contributed by atoms with Gasteiger partial charge in [-0.1, -0.05) is 23.7 Å². The Kier molecular flexibility index (Phi) is 6.54. The molecule has 3 aromatic rings. The van der Waals surface area contributed by atoms with Crippen LogP contribution in [0.3, 0.4) is 0 Å². The summed E-state index contributed by atoms with van der Waals surface area (Å²) in [4.78, 5) is 23.9. The fraction of sp³-hybridized carbons (Fsp3) is 0.417. The van der Waals surface area contributed by atoms with Crippen molar-refractivity contribution in [2.75, 3.05) is 32.1 Å². The van der Waals surface area contributed by atoms with Crippen molar-refractivity contribution in [3.8, 4) is 5.00 Å². The lowest BCUT2D eigenvalue weighted by molar-refractivity contribution is -0.133. The first-order valence-corrected chi connectivity index (χ1v) is 13.2. The highest BCUT2D eigenvalue weighted by Crippen LogP contribution is 2.39. The summed E-state index contributed by atoms with van der Waals surface area (Å²) in [6.45, 7) is 9.29. The predicted octanol–water partition coefficient (Wildman–Crippen LogP) is 4.22. The molecule has 1 aromatic carbocycles. The maximum atomic E-state index is 13.4. The van der Waals surface area contributed by atoms with E-state index in [0.717, 1.165) is 40.8 Å². The van der Waals surface area contributed by atoms with Crippen molar-refractivity contribution in [1.82, 2.24) is 24.6 Å². The molecule has 0 N–H and O–H groups in total. The molecule has 0 bridgehead atoms. The fourth-order valence-electron chi connectivity index (χ4n) is 4.57. The molecule has 5 rings (SSSR count). The summed E-state index contributed by atoms with van der Waals surface area (Å²) in [6, 6.07) is 7.32. The minimum Gasteiger partial charge on any atom is -0.340 e.